The molecule has 0 saturated carbocycles. The highest BCUT2D eigenvalue weighted by molar-refractivity contribution is 9.10. The molecule has 0 aromatic carbocycles. The first-order valence-electron chi connectivity index (χ1n) is 3.72. The molecule has 2 aromatic heterocycles. The van der Waals surface area contributed by atoms with Gasteiger partial charge in [-0.3, -0.25) is 0 Å². The number of nitrogens with two attached hydrogens (primary N) is 1. The second-order valence-corrected chi connectivity index (χ2v) is 3.89. The summed E-state index contributed by atoms with van der Waals surface area (Å²) >= 11 is 8.12. The molecule has 0 atom stereocenters. The van der Waals surface area contributed by atoms with E-state index in [0.717, 1.165) is 4.47 Å². The summed E-state index contributed by atoms with van der Waals surface area (Å²) in [5.41, 5.74) is 6.39. The molecule has 2 aromatic rings. The van der Waals surface area contributed by atoms with Gasteiger partial charge in [0.15, 0.2) is 4.77 Å². The van der Waals surface area contributed by atoms with Gasteiger partial charge in [0.25, 0.3) is 0 Å². The first-order chi connectivity index (χ1) is 6.66. The van der Waals surface area contributed by atoms with E-state index in [2.05, 4.69) is 31.0 Å². The van der Waals surface area contributed by atoms with E-state index < -0.39 is 0 Å². The molecule has 0 aliphatic rings. The maximum Gasteiger partial charge on any atom is 0.198 e. The Bertz CT molecular complexity index is 517. The van der Waals surface area contributed by atoms with Crippen LogP contribution in [0.4, 0.5) is 5.82 Å². The Morgan fingerprint density at radius 3 is 2.86 bits per heavy atom. The third-order valence-electron chi connectivity index (χ3n) is 1.62. The molecule has 5 nitrogen and oxygen atoms in total. The van der Waals surface area contributed by atoms with Crippen LogP contribution in [-0.4, -0.2) is 19.7 Å². The smallest absolute Gasteiger partial charge is 0.198 e. The van der Waals surface area contributed by atoms with Crippen molar-refractivity contribution in [1.29, 1.82) is 0 Å². The van der Waals surface area contributed by atoms with Crippen LogP contribution in [0, 0.1) is 4.77 Å². The minimum absolute atomic E-state index is 0.359. The van der Waals surface area contributed by atoms with E-state index in [-0.39, 0.29) is 0 Å². The molecule has 0 aliphatic heterocycles. The van der Waals surface area contributed by atoms with Crippen LogP contribution in [0.25, 0.3) is 5.69 Å². The number of hydrogen-bond acceptors (Lipinski definition) is 4. The summed E-state index contributed by atoms with van der Waals surface area (Å²) < 4.78 is 2.84. The van der Waals surface area contributed by atoms with Crippen LogP contribution in [0.2, 0.25) is 0 Å². The maximum absolute atomic E-state index is 5.72. The lowest BCUT2D eigenvalue weighted by molar-refractivity contribution is 0.866. The maximum atomic E-state index is 5.72. The van der Waals surface area contributed by atoms with Gasteiger partial charge in [-0.05, 0) is 28.1 Å². The molecule has 0 unspecified atom stereocenters. The topological polar surface area (TPSA) is 72.5 Å². The van der Waals surface area contributed by atoms with Crippen LogP contribution in [-0.2, 0) is 0 Å². The average molecular weight is 272 g/mol. The molecule has 2 rings (SSSR count). The SMILES string of the molecule is Nc1[nH]c(=S)ncc1-n1cc(Br)cn1. The van der Waals surface area contributed by atoms with E-state index in [9.17, 15) is 0 Å². The van der Waals surface area contributed by atoms with Gasteiger partial charge in [0, 0.05) is 6.20 Å². The van der Waals surface area contributed by atoms with Gasteiger partial charge in [0.2, 0.25) is 0 Å². The quantitative estimate of drug-likeness (QED) is 0.774. The highest BCUT2D eigenvalue weighted by Crippen LogP contribution is 2.15. The highest BCUT2D eigenvalue weighted by Gasteiger charge is 2.03. The van der Waals surface area contributed by atoms with Crippen LogP contribution in [0.5, 0.6) is 0 Å². The number of aromatic amines is 1. The zero-order valence-corrected chi connectivity index (χ0v) is 9.34. The standard InChI is InChI=1S/C7H6BrN5S/c8-4-1-11-13(3-4)5-2-10-7(14)12-6(5)9/h1-3H,(H3,9,10,12,14). The third kappa shape index (κ3) is 1.68. The van der Waals surface area contributed by atoms with Crippen LogP contribution < -0.4 is 5.73 Å². The summed E-state index contributed by atoms with van der Waals surface area (Å²) in [6.45, 7) is 0. The van der Waals surface area contributed by atoms with Crippen LogP contribution in [0.1, 0.15) is 0 Å². The lowest BCUT2D eigenvalue weighted by Crippen LogP contribution is -2.03. The molecule has 3 N–H and O–H groups in total. The summed E-state index contributed by atoms with van der Waals surface area (Å²) in [5, 5.41) is 4.07. The van der Waals surface area contributed by atoms with E-state index in [1.54, 1.807) is 23.3 Å². The normalized spacial score (nSPS) is 10.4. The molecular formula is C7H6BrN5S. The molecule has 2 heterocycles. The minimum Gasteiger partial charge on any atom is -0.383 e. The van der Waals surface area contributed by atoms with E-state index in [1.165, 1.54) is 0 Å². The lowest BCUT2D eigenvalue weighted by Gasteiger charge is -2.03. The Labute approximate surface area is 93.1 Å². The van der Waals surface area contributed by atoms with Crippen molar-refractivity contribution in [2.24, 2.45) is 0 Å². The van der Waals surface area contributed by atoms with Gasteiger partial charge in [0.05, 0.1) is 16.9 Å². The Balaban J connectivity index is 2.57. The predicted octanol–water partition coefficient (Wildman–Crippen LogP) is 1.67. The van der Waals surface area contributed by atoms with Gasteiger partial charge in [-0.1, -0.05) is 0 Å². The zero-order valence-electron chi connectivity index (χ0n) is 6.94. The van der Waals surface area contributed by atoms with Crippen molar-refractivity contribution in [1.82, 2.24) is 19.7 Å². The number of nitrogen functional groups attached to an aromatic ring is 1. The molecule has 0 fully saturated rings. The Hall–Kier alpha value is -1.21. The number of hydrogen-bond donors (Lipinski definition) is 2. The van der Waals surface area contributed by atoms with Crippen molar-refractivity contribution in [3.63, 3.8) is 0 Å². The van der Waals surface area contributed by atoms with Crippen molar-refractivity contribution in [3.05, 3.63) is 27.8 Å². The van der Waals surface area contributed by atoms with Crippen LogP contribution >= 0.6 is 28.1 Å². The van der Waals surface area contributed by atoms with E-state index >= 15 is 0 Å². The van der Waals surface area contributed by atoms with Gasteiger partial charge in [-0.25, -0.2) is 9.67 Å². The molecule has 0 spiro atoms. The van der Waals surface area contributed by atoms with Gasteiger partial charge in [-0.2, -0.15) is 5.10 Å². The first kappa shape index (κ1) is 9.35. The van der Waals surface area contributed by atoms with Gasteiger partial charge >= 0.3 is 0 Å². The molecule has 0 bridgehead atoms. The van der Waals surface area contributed by atoms with Crippen molar-refractivity contribution in [3.8, 4) is 5.69 Å². The molecule has 0 radical (unpaired) electrons. The van der Waals surface area contributed by atoms with E-state index in [1.807, 2.05) is 0 Å². The van der Waals surface area contributed by atoms with Crippen LogP contribution in [0.15, 0.2) is 23.1 Å². The molecule has 14 heavy (non-hydrogen) atoms. The number of halogens is 1. The first-order valence-corrected chi connectivity index (χ1v) is 4.92. The molecule has 72 valence electrons. The molecule has 7 heteroatoms. The van der Waals surface area contributed by atoms with E-state index in [4.69, 9.17) is 18.0 Å². The largest absolute Gasteiger partial charge is 0.383 e. The van der Waals surface area contributed by atoms with Crippen molar-refractivity contribution in [2.45, 2.75) is 0 Å². The number of H-pyrrole nitrogens is 1. The molecule has 0 saturated heterocycles. The summed E-state index contributed by atoms with van der Waals surface area (Å²) in [7, 11) is 0. The fourth-order valence-electron chi connectivity index (χ4n) is 1.02. The lowest BCUT2D eigenvalue weighted by atomic mass is 10.5. The van der Waals surface area contributed by atoms with Crippen molar-refractivity contribution >= 4 is 34.0 Å². The van der Waals surface area contributed by atoms with Gasteiger partial charge in [0.1, 0.15) is 11.5 Å². The van der Waals surface area contributed by atoms with Crippen LogP contribution in [0.3, 0.4) is 0 Å². The fourth-order valence-corrected chi connectivity index (χ4v) is 1.46. The average Bonchev–Trinajstić information content (AvgIpc) is 2.51. The minimum atomic E-state index is 0.359. The summed E-state index contributed by atoms with van der Waals surface area (Å²) in [5.74, 6) is 0.445. The van der Waals surface area contributed by atoms with Crippen molar-refractivity contribution in [2.75, 3.05) is 5.73 Å². The molecular weight excluding hydrogens is 266 g/mol. The Morgan fingerprint density at radius 1 is 1.50 bits per heavy atom. The third-order valence-corrected chi connectivity index (χ3v) is 2.24. The number of rotatable bonds is 1. The predicted molar refractivity (Wildman–Crippen MR) is 58.7 cm³/mol. The molecule has 0 amide bonds. The summed E-state index contributed by atoms with van der Waals surface area (Å²) in [6, 6.07) is 0. The number of nitrogens with one attached hydrogen (secondary N) is 1. The van der Waals surface area contributed by atoms with E-state index in [0.29, 0.717) is 16.3 Å². The second kappa shape index (κ2) is 3.50. The second-order valence-electron chi connectivity index (χ2n) is 2.59. The monoisotopic (exact) mass is 271 g/mol. The zero-order chi connectivity index (χ0) is 10.1. The van der Waals surface area contributed by atoms with Gasteiger partial charge in [-0.15, -0.1) is 0 Å². The fraction of sp³-hybridized carbons (Fsp3) is 0. The highest BCUT2D eigenvalue weighted by atomic mass is 79.9. The summed E-state index contributed by atoms with van der Waals surface area (Å²) in [6.07, 6.45) is 5.03. The van der Waals surface area contributed by atoms with Crippen molar-refractivity contribution < 1.29 is 0 Å². The Kier molecular flexibility index (Phi) is 2.34. The Morgan fingerprint density at radius 2 is 2.29 bits per heavy atom. The number of aromatic nitrogens is 4. The van der Waals surface area contributed by atoms with Gasteiger partial charge < -0.3 is 10.7 Å². The number of nitrogens with zero attached hydrogens (tertiary/aromatic N) is 3. The summed E-state index contributed by atoms with van der Waals surface area (Å²) in [4.78, 5) is 6.68. The number of anilines is 1. The molecule has 0 aliphatic carbocycles.